The number of H-pyrrole nitrogens is 1. The smallest absolute Gasteiger partial charge is 0.264 e. The van der Waals surface area contributed by atoms with E-state index in [1.54, 1.807) is 12.3 Å². The fourth-order valence-corrected chi connectivity index (χ4v) is 1.82. The van der Waals surface area contributed by atoms with Gasteiger partial charge in [0.1, 0.15) is 0 Å². The van der Waals surface area contributed by atoms with Crippen molar-refractivity contribution in [1.82, 2.24) is 15.2 Å². The van der Waals surface area contributed by atoms with Gasteiger partial charge in [-0.25, -0.2) is 5.10 Å². The van der Waals surface area contributed by atoms with Crippen molar-refractivity contribution >= 4 is 10.8 Å². The van der Waals surface area contributed by atoms with Crippen LogP contribution in [0.3, 0.4) is 0 Å². The molecular formula is C13H9N3O. The zero-order valence-corrected chi connectivity index (χ0v) is 8.92. The van der Waals surface area contributed by atoms with E-state index < -0.39 is 0 Å². The Morgan fingerprint density at radius 2 is 1.88 bits per heavy atom. The molecule has 1 aromatic carbocycles. The number of nitrogens with one attached hydrogen (secondary N) is 1. The van der Waals surface area contributed by atoms with Gasteiger partial charge in [0.2, 0.25) is 0 Å². The SMILES string of the molecule is O=c1ccc(-c2cncc3ccccc23)n[nH]1. The fraction of sp³-hybridized carbons (Fsp3) is 0. The van der Waals surface area contributed by atoms with Gasteiger partial charge < -0.3 is 0 Å². The maximum atomic E-state index is 11.0. The van der Waals surface area contributed by atoms with E-state index in [0.717, 1.165) is 16.3 Å². The Labute approximate surface area is 97.0 Å². The van der Waals surface area contributed by atoms with Gasteiger partial charge in [-0.15, -0.1) is 0 Å². The highest BCUT2D eigenvalue weighted by Gasteiger charge is 2.04. The molecule has 2 aromatic heterocycles. The number of hydrogen-bond donors (Lipinski definition) is 1. The van der Waals surface area contributed by atoms with Gasteiger partial charge in [0.25, 0.3) is 5.56 Å². The van der Waals surface area contributed by atoms with E-state index in [1.165, 1.54) is 6.07 Å². The van der Waals surface area contributed by atoms with Crippen LogP contribution in [0, 0.1) is 0 Å². The lowest BCUT2D eigenvalue weighted by Gasteiger charge is -2.04. The van der Waals surface area contributed by atoms with E-state index in [2.05, 4.69) is 15.2 Å². The lowest BCUT2D eigenvalue weighted by atomic mass is 10.1. The lowest BCUT2D eigenvalue weighted by Crippen LogP contribution is -2.05. The summed E-state index contributed by atoms with van der Waals surface area (Å²) in [6.07, 6.45) is 3.56. The summed E-state index contributed by atoms with van der Waals surface area (Å²) in [4.78, 5) is 15.2. The van der Waals surface area contributed by atoms with Gasteiger partial charge in [-0.05, 0) is 11.5 Å². The van der Waals surface area contributed by atoms with Crippen LogP contribution in [0.4, 0.5) is 0 Å². The zero-order chi connectivity index (χ0) is 11.7. The molecule has 0 radical (unpaired) electrons. The Morgan fingerprint density at radius 3 is 2.71 bits per heavy atom. The highest BCUT2D eigenvalue weighted by molar-refractivity contribution is 5.94. The van der Waals surface area contributed by atoms with Crippen molar-refractivity contribution in [3.63, 3.8) is 0 Å². The van der Waals surface area contributed by atoms with Gasteiger partial charge in [0.15, 0.2) is 0 Å². The van der Waals surface area contributed by atoms with Crippen LogP contribution in [-0.4, -0.2) is 15.2 Å². The van der Waals surface area contributed by atoms with Crippen molar-refractivity contribution < 1.29 is 0 Å². The first-order valence-corrected chi connectivity index (χ1v) is 5.23. The van der Waals surface area contributed by atoms with Crippen LogP contribution in [0.15, 0.2) is 53.6 Å². The third-order valence-corrected chi connectivity index (χ3v) is 2.62. The first-order valence-electron chi connectivity index (χ1n) is 5.23. The van der Waals surface area contributed by atoms with Crippen molar-refractivity contribution in [2.45, 2.75) is 0 Å². The predicted octanol–water partition coefficient (Wildman–Crippen LogP) is 1.99. The van der Waals surface area contributed by atoms with Crippen LogP contribution in [0.25, 0.3) is 22.0 Å². The first kappa shape index (κ1) is 9.72. The van der Waals surface area contributed by atoms with Gasteiger partial charge in [-0.3, -0.25) is 9.78 Å². The molecule has 0 saturated carbocycles. The number of rotatable bonds is 1. The molecule has 0 unspecified atom stereocenters. The predicted molar refractivity (Wildman–Crippen MR) is 65.6 cm³/mol. The molecule has 0 aliphatic heterocycles. The van der Waals surface area contributed by atoms with E-state index in [0.29, 0.717) is 5.69 Å². The molecule has 3 rings (SSSR count). The third-order valence-electron chi connectivity index (χ3n) is 2.62. The number of nitrogens with zero attached hydrogens (tertiary/aromatic N) is 2. The molecule has 17 heavy (non-hydrogen) atoms. The monoisotopic (exact) mass is 223 g/mol. The Hall–Kier alpha value is -2.49. The second-order valence-electron chi connectivity index (χ2n) is 3.71. The van der Waals surface area contributed by atoms with E-state index in [-0.39, 0.29) is 5.56 Å². The molecule has 82 valence electrons. The molecule has 0 saturated heterocycles. The standard InChI is InChI=1S/C13H9N3O/c17-13-6-5-12(15-16-13)11-8-14-7-9-3-1-2-4-10(9)11/h1-8H,(H,16,17). The second-order valence-corrected chi connectivity index (χ2v) is 3.71. The van der Waals surface area contributed by atoms with E-state index >= 15 is 0 Å². The molecule has 0 aliphatic rings. The van der Waals surface area contributed by atoms with Crippen molar-refractivity contribution in [1.29, 1.82) is 0 Å². The third kappa shape index (κ3) is 1.69. The fourth-order valence-electron chi connectivity index (χ4n) is 1.82. The van der Waals surface area contributed by atoms with Crippen LogP contribution >= 0.6 is 0 Å². The highest BCUT2D eigenvalue weighted by Crippen LogP contribution is 2.24. The Bertz CT molecular complexity index is 708. The molecule has 0 atom stereocenters. The van der Waals surface area contributed by atoms with Crippen molar-refractivity contribution in [2.75, 3.05) is 0 Å². The van der Waals surface area contributed by atoms with Gasteiger partial charge >= 0.3 is 0 Å². The summed E-state index contributed by atoms with van der Waals surface area (Å²) < 4.78 is 0. The van der Waals surface area contributed by atoms with Gasteiger partial charge in [-0.1, -0.05) is 24.3 Å². The Balaban J connectivity index is 2.30. The van der Waals surface area contributed by atoms with Crippen molar-refractivity contribution in [3.8, 4) is 11.3 Å². The quantitative estimate of drug-likeness (QED) is 0.686. The summed E-state index contributed by atoms with van der Waals surface area (Å²) >= 11 is 0. The molecule has 0 spiro atoms. The first-order chi connectivity index (χ1) is 8.34. The summed E-state index contributed by atoms with van der Waals surface area (Å²) in [5.41, 5.74) is 1.43. The van der Waals surface area contributed by atoms with E-state index in [4.69, 9.17) is 0 Å². The van der Waals surface area contributed by atoms with Gasteiger partial charge in [-0.2, -0.15) is 5.10 Å². The van der Waals surface area contributed by atoms with E-state index in [1.807, 2.05) is 30.5 Å². The normalized spacial score (nSPS) is 10.6. The second kappa shape index (κ2) is 3.83. The van der Waals surface area contributed by atoms with Crippen LogP contribution in [0.2, 0.25) is 0 Å². The largest absolute Gasteiger partial charge is 0.268 e. The molecule has 0 fully saturated rings. The maximum Gasteiger partial charge on any atom is 0.264 e. The molecule has 0 amide bonds. The molecule has 3 aromatic rings. The van der Waals surface area contributed by atoms with Crippen LogP contribution in [0.1, 0.15) is 0 Å². The summed E-state index contributed by atoms with van der Waals surface area (Å²) in [7, 11) is 0. The van der Waals surface area contributed by atoms with Gasteiger partial charge in [0.05, 0.1) is 5.69 Å². The minimum absolute atomic E-state index is 0.207. The molecule has 0 bridgehead atoms. The lowest BCUT2D eigenvalue weighted by molar-refractivity contribution is 0.995. The average Bonchev–Trinajstić information content (AvgIpc) is 2.39. The summed E-state index contributed by atoms with van der Waals surface area (Å²) in [5, 5.41) is 8.58. The van der Waals surface area contributed by atoms with Crippen molar-refractivity contribution in [3.05, 3.63) is 59.1 Å². The molecule has 1 N–H and O–H groups in total. The maximum absolute atomic E-state index is 11.0. The minimum atomic E-state index is -0.207. The minimum Gasteiger partial charge on any atom is -0.268 e. The summed E-state index contributed by atoms with van der Waals surface area (Å²) in [6, 6.07) is 11.1. The number of benzene rings is 1. The topological polar surface area (TPSA) is 58.6 Å². The molecule has 2 heterocycles. The van der Waals surface area contributed by atoms with Gasteiger partial charge in [0, 0.05) is 29.4 Å². The van der Waals surface area contributed by atoms with E-state index in [9.17, 15) is 4.79 Å². The summed E-state index contributed by atoms with van der Waals surface area (Å²) in [6.45, 7) is 0. The number of aromatic amines is 1. The molecular weight excluding hydrogens is 214 g/mol. The number of hydrogen-bond acceptors (Lipinski definition) is 3. The molecule has 0 aliphatic carbocycles. The number of aromatic nitrogens is 3. The van der Waals surface area contributed by atoms with Crippen LogP contribution in [-0.2, 0) is 0 Å². The van der Waals surface area contributed by atoms with Crippen LogP contribution in [0.5, 0.6) is 0 Å². The molecule has 4 heteroatoms. The Kier molecular flexibility index (Phi) is 2.19. The Morgan fingerprint density at radius 1 is 1.00 bits per heavy atom. The zero-order valence-electron chi connectivity index (χ0n) is 8.92. The molecule has 4 nitrogen and oxygen atoms in total. The van der Waals surface area contributed by atoms with Crippen LogP contribution < -0.4 is 5.56 Å². The highest BCUT2D eigenvalue weighted by atomic mass is 16.1. The number of pyridine rings is 1. The summed E-state index contributed by atoms with van der Waals surface area (Å²) in [5.74, 6) is 0. The van der Waals surface area contributed by atoms with Crippen molar-refractivity contribution in [2.24, 2.45) is 0 Å². The average molecular weight is 223 g/mol. The number of fused-ring (bicyclic) bond motifs is 1.